The molecule has 0 aromatic heterocycles. The molecule has 0 bridgehead atoms. The van der Waals surface area contributed by atoms with Crippen LogP contribution in [0.25, 0.3) is 0 Å². The summed E-state index contributed by atoms with van der Waals surface area (Å²) in [5.41, 5.74) is 0. The second-order valence-electron chi connectivity index (χ2n) is 3.70. The van der Waals surface area contributed by atoms with Crippen molar-refractivity contribution in [2.24, 2.45) is 0 Å². The normalized spacial score (nSPS) is 14.2. The largest absolute Gasteiger partial charge is 0.481 e. The van der Waals surface area contributed by atoms with E-state index in [1.807, 2.05) is 27.7 Å². The van der Waals surface area contributed by atoms with Crippen molar-refractivity contribution < 1.29 is 14.7 Å². The molecule has 0 radical (unpaired) electrons. The number of carbonyl (C=O) groups is 2. The third-order valence-electron chi connectivity index (χ3n) is 2.32. The van der Waals surface area contributed by atoms with Gasteiger partial charge < -0.3 is 10.0 Å². The quantitative estimate of drug-likeness (QED) is 0.746. The first kappa shape index (κ1) is 15.3. The summed E-state index contributed by atoms with van der Waals surface area (Å²) in [5.74, 6) is -0.727. The molecule has 0 aliphatic heterocycles. The van der Waals surface area contributed by atoms with E-state index in [-0.39, 0.29) is 22.8 Å². The van der Waals surface area contributed by atoms with Gasteiger partial charge in [0, 0.05) is 18.3 Å². The van der Waals surface area contributed by atoms with E-state index in [2.05, 4.69) is 0 Å². The second-order valence-corrected chi connectivity index (χ2v) is 5.48. The van der Waals surface area contributed by atoms with Crippen molar-refractivity contribution in [1.82, 2.24) is 4.90 Å². The number of nitrogens with zero attached hydrogens (tertiary/aromatic N) is 1. The SMILES string of the molecule is CCN(CC)C(=O)C(C)SC(C)CC(=O)O. The first-order chi connectivity index (χ1) is 7.42. The molecule has 5 heteroatoms. The average molecular weight is 247 g/mol. The minimum absolute atomic E-state index is 0.0352. The van der Waals surface area contributed by atoms with Gasteiger partial charge in [-0.3, -0.25) is 9.59 Å². The Kier molecular flexibility index (Phi) is 7.21. The summed E-state index contributed by atoms with van der Waals surface area (Å²) >= 11 is 1.42. The Morgan fingerprint density at radius 1 is 1.25 bits per heavy atom. The van der Waals surface area contributed by atoms with Gasteiger partial charge >= 0.3 is 5.97 Å². The number of hydrogen-bond acceptors (Lipinski definition) is 3. The van der Waals surface area contributed by atoms with Crippen molar-refractivity contribution in [2.45, 2.75) is 44.6 Å². The molecule has 4 nitrogen and oxygen atoms in total. The van der Waals surface area contributed by atoms with E-state index in [9.17, 15) is 9.59 Å². The van der Waals surface area contributed by atoms with Crippen LogP contribution in [0, 0.1) is 0 Å². The van der Waals surface area contributed by atoms with E-state index in [0.29, 0.717) is 13.1 Å². The highest BCUT2D eigenvalue weighted by Gasteiger charge is 2.21. The predicted octanol–water partition coefficient (Wildman–Crippen LogP) is 1.84. The molecule has 0 aromatic rings. The zero-order chi connectivity index (χ0) is 12.7. The van der Waals surface area contributed by atoms with Gasteiger partial charge in [-0.2, -0.15) is 0 Å². The maximum absolute atomic E-state index is 11.9. The molecule has 2 atom stereocenters. The molecule has 0 fully saturated rings. The molecule has 0 aliphatic carbocycles. The Hall–Kier alpha value is -0.710. The molecular weight excluding hydrogens is 226 g/mol. The fourth-order valence-corrected chi connectivity index (χ4v) is 2.69. The number of hydrogen-bond donors (Lipinski definition) is 1. The highest BCUT2D eigenvalue weighted by molar-refractivity contribution is 8.01. The maximum atomic E-state index is 11.9. The summed E-state index contributed by atoms with van der Waals surface area (Å²) in [6, 6.07) is 0. The lowest BCUT2D eigenvalue weighted by atomic mass is 10.3. The third-order valence-corrected chi connectivity index (χ3v) is 3.56. The van der Waals surface area contributed by atoms with Crippen molar-refractivity contribution in [3.63, 3.8) is 0 Å². The van der Waals surface area contributed by atoms with Crippen LogP contribution in [-0.4, -0.2) is 45.5 Å². The third kappa shape index (κ3) is 5.39. The van der Waals surface area contributed by atoms with Crippen LogP contribution in [0.1, 0.15) is 34.1 Å². The average Bonchev–Trinajstić information content (AvgIpc) is 2.17. The minimum Gasteiger partial charge on any atom is -0.481 e. The number of amides is 1. The lowest BCUT2D eigenvalue weighted by Gasteiger charge is -2.23. The van der Waals surface area contributed by atoms with Crippen molar-refractivity contribution in [3.8, 4) is 0 Å². The molecule has 0 saturated heterocycles. The van der Waals surface area contributed by atoms with Crippen LogP contribution in [0.2, 0.25) is 0 Å². The van der Waals surface area contributed by atoms with Crippen molar-refractivity contribution in [2.75, 3.05) is 13.1 Å². The molecule has 0 spiro atoms. The van der Waals surface area contributed by atoms with Crippen LogP contribution >= 0.6 is 11.8 Å². The fraction of sp³-hybridized carbons (Fsp3) is 0.818. The van der Waals surface area contributed by atoms with Crippen LogP contribution in [0.4, 0.5) is 0 Å². The summed E-state index contributed by atoms with van der Waals surface area (Å²) in [5, 5.41) is 8.42. The number of carbonyl (C=O) groups excluding carboxylic acids is 1. The Balaban J connectivity index is 4.18. The maximum Gasteiger partial charge on any atom is 0.304 e. The summed E-state index contributed by atoms with van der Waals surface area (Å²) in [4.78, 5) is 24.2. The van der Waals surface area contributed by atoms with Gasteiger partial charge in [0.1, 0.15) is 0 Å². The number of carboxylic acid groups (broad SMARTS) is 1. The summed E-state index contributed by atoms with van der Waals surface area (Å²) in [6.45, 7) is 8.97. The van der Waals surface area contributed by atoms with Gasteiger partial charge in [0.05, 0.1) is 11.7 Å². The first-order valence-corrected chi connectivity index (χ1v) is 6.52. The number of thioether (sulfide) groups is 1. The summed E-state index contributed by atoms with van der Waals surface area (Å²) < 4.78 is 0. The highest BCUT2D eigenvalue weighted by Crippen LogP contribution is 2.21. The summed E-state index contributed by atoms with van der Waals surface area (Å²) in [6.07, 6.45) is 0.0978. The van der Waals surface area contributed by atoms with Gasteiger partial charge in [0.2, 0.25) is 5.91 Å². The zero-order valence-electron chi connectivity index (χ0n) is 10.4. The Morgan fingerprint density at radius 2 is 1.75 bits per heavy atom. The number of rotatable bonds is 7. The van der Waals surface area contributed by atoms with Crippen LogP contribution < -0.4 is 0 Å². The first-order valence-electron chi connectivity index (χ1n) is 5.58. The molecule has 2 unspecified atom stereocenters. The topological polar surface area (TPSA) is 57.6 Å². The van der Waals surface area contributed by atoms with Crippen molar-refractivity contribution in [3.05, 3.63) is 0 Å². The van der Waals surface area contributed by atoms with Gasteiger partial charge in [-0.25, -0.2) is 0 Å². The molecule has 1 N–H and O–H groups in total. The van der Waals surface area contributed by atoms with Gasteiger partial charge in [-0.05, 0) is 20.8 Å². The van der Waals surface area contributed by atoms with E-state index < -0.39 is 5.97 Å². The lowest BCUT2D eigenvalue weighted by Crippen LogP contribution is -2.36. The van der Waals surface area contributed by atoms with Crippen LogP contribution in [0.3, 0.4) is 0 Å². The van der Waals surface area contributed by atoms with Crippen molar-refractivity contribution >= 4 is 23.6 Å². The standard InChI is InChI=1S/C11H21NO3S/c1-5-12(6-2)11(15)9(4)16-8(3)7-10(13)14/h8-9H,5-7H2,1-4H3,(H,13,14). The van der Waals surface area contributed by atoms with E-state index in [1.165, 1.54) is 11.8 Å². The van der Waals surface area contributed by atoms with Crippen LogP contribution in [0.15, 0.2) is 0 Å². The lowest BCUT2D eigenvalue weighted by molar-refractivity contribution is -0.137. The zero-order valence-corrected chi connectivity index (χ0v) is 11.2. The molecular formula is C11H21NO3S. The fourth-order valence-electron chi connectivity index (χ4n) is 1.49. The van der Waals surface area contributed by atoms with Gasteiger partial charge in [-0.1, -0.05) is 6.92 Å². The van der Waals surface area contributed by atoms with Crippen molar-refractivity contribution in [1.29, 1.82) is 0 Å². The van der Waals surface area contributed by atoms with E-state index in [4.69, 9.17) is 5.11 Å². The predicted molar refractivity (Wildman–Crippen MR) is 66.7 cm³/mol. The second kappa shape index (κ2) is 7.54. The van der Waals surface area contributed by atoms with Crippen LogP contribution in [-0.2, 0) is 9.59 Å². The Labute approximate surface area is 101 Å². The molecule has 0 aliphatic rings. The molecule has 0 saturated carbocycles. The highest BCUT2D eigenvalue weighted by atomic mass is 32.2. The molecule has 1 amide bonds. The van der Waals surface area contributed by atoms with Gasteiger partial charge in [0.15, 0.2) is 0 Å². The molecule has 0 aromatic carbocycles. The monoisotopic (exact) mass is 247 g/mol. The smallest absolute Gasteiger partial charge is 0.304 e. The molecule has 0 rings (SSSR count). The van der Waals surface area contributed by atoms with E-state index in [1.54, 1.807) is 4.90 Å². The number of carboxylic acids is 1. The van der Waals surface area contributed by atoms with Gasteiger partial charge in [0.25, 0.3) is 0 Å². The number of aliphatic carboxylic acids is 1. The Morgan fingerprint density at radius 3 is 2.12 bits per heavy atom. The molecule has 16 heavy (non-hydrogen) atoms. The summed E-state index contributed by atoms with van der Waals surface area (Å²) in [7, 11) is 0. The Bertz CT molecular complexity index is 241. The molecule has 94 valence electrons. The van der Waals surface area contributed by atoms with E-state index in [0.717, 1.165) is 0 Å². The molecule has 0 heterocycles. The van der Waals surface area contributed by atoms with Gasteiger partial charge in [-0.15, -0.1) is 11.8 Å². The van der Waals surface area contributed by atoms with Crippen LogP contribution in [0.5, 0.6) is 0 Å². The minimum atomic E-state index is -0.817. The van der Waals surface area contributed by atoms with E-state index >= 15 is 0 Å².